The van der Waals surface area contributed by atoms with E-state index in [1.165, 1.54) is 18.3 Å². The Balaban J connectivity index is 1.42. The van der Waals surface area contributed by atoms with Crippen LogP contribution in [0.15, 0.2) is 53.5 Å². The van der Waals surface area contributed by atoms with Crippen molar-refractivity contribution in [2.24, 2.45) is 0 Å². The number of carbonyl (C=O) groups is 1. The number of carbonyl (C=O) groups excluding carboxylic acids is 1. The average Bonchev–Trinajstić information content (AvgIpc) is 3.62. The third-order valence-corrected chi connectivity index (χ3v) is 6.21. The highest BCUT2D eigenvalue weighted by molar-refractivity contribution is 5.90. The van der Waals surface area contributed by atoms with Gasteiger partial charge in [-0.15, -0.1) is 10.2 Å². The van der Waals surface area contributed by atoms with Crippen molar-refractivity contribution in [1.29, 1.82) is 0 Å². The summed E-state index contributed by atoms with van der Waals surface area (Å²) >= 11 is 0. The molecule has 5 aromatic rings. The first-order chi connectivity index (χ1) is 17.0. The van der Waals surface area contributed by atoms with Gasteiger partial charge < -0.3 is 14.3 Å². The second-order valence-corrected chi connectivity index (χ2v) is 8.68. The van der Waals surface area contributed by atoms with Crippen molar-refractivity contribution in [3.8, 4) is 11.6 Å². The molecule has 0 saturated heterocycles. The lowest BCUT2D eigenvalue weighted by Crippen LogP contribution is -2.41. The zero-order valence-corrected chi connectivity index (χ0v) is 19.0. The minimum Gasteiger partial charge on any atom is -0.411 e. The molecular weight excluding hydrogens is 451 g/mol. The molecule has 0 aliphatic carbocycles. The van der Waals surface area contributed by atoms with Crippen molar-refractivity contribution in [3.05, 3.63) is 83.4 Å². The van der Waals surface area contributed by atoms with E-state index in [0.29, 0.717) is 24.6 Å². The predicted molar refractivity (Wildman–Crippen MR) is 122 cm³/mol. The summed E-state index contributed by atoms with van der Waals surface area (Å²) in [5.41, 5.74) is 4.36. The van der Waals surface area contributed by atoms with Crippen LogP contribution in [0.3, 0.4) is 0 Å². The van der Waals surface area contributed by atoms with Crippen molar-refractivity contribution in [2.45, 2.75) is 32.2 Å². The maximum atomic E-state index is 14.1. The lowest BCUT2D eigenvalue weighted by Gasteiger charge is -2.32. The molecule has 0 unspecified atom stereocenters. The number of imidazole rings is 1. The average molecular weight is 472 g/mol. The first-order valence-corrected chi connectivity index (χ1v) is 11.3. The Bertz CT molecular complexity index is 1550. The summed E-state index contributed by atoms with van der Waals surface area (Å²) in [5, 5.41) is 12.5. The van der Waals surface area contributed by atoms with Gasteiger partial charge in [0, 0.05) is 31.1 Å². The molecule has 5 aromatic heterocycles. The van der Waals surface area contributed by atoms with Gasteiger partial charge >= 0.3 is 11.8 Å². The lowest BCUT2D eigenvalue weighted by atomic mass is 9.98. The fourth-order valence-electron chi connectivity index (χ4n) is 4.54. The quantitative estimate of drug-likeness (QED) is 0.425. The molecule has 1 atom stereocenters. The topological polar surface area (TPSA) is 118 Å². The van der Waals surface area contributed by atoms with Crippen LogP contribution in [0.5, 0.6) is 0 Å². The number of aromatic nitrogens is 7. The zero-order valence-electron chi connectivity index (χ0n) is 19.0. The van der Waals surface area contributed by atoms with E-state index in [1.54, 1.807) is 11.2 Å². The maximum absolute atomic E-state index is 14.1. The summed E-state index contributed by atoms with van der Waals surface area (Å²) in [6.07, 6.45) is 5.50. The number of pyridine rings is 2. The Morgan fingerprint density at radius 1 is 1.23 bits per heavy atom. The van der Waals surface area contributed by atoms with Crippen molar-refractivity contribution in [2.75, 3.05) is 6.54 Å². The highest BCUT2D eigenvalue weighted by atomic mass is 19.1. The molecule has 6 rings (SSSR count). The molecule has 1 amide bonds. The van der Waals surface area contributed by atoms with Crippen LogP contribution < -0.4 is 0 Å². The molecule has 0 aromatic carbocycles. The van der Waals surface area contributed by atoms with E-state index in [-0.39, 0.29) is 17.5 Å². The van der Waals surface area contributed by atoms with Gasteiger partial charge in [0.1, 0.15) is 6.04 Å². The third-order valence-electron chi connectivity index (χ3n) is 6.21. The Morgan fingerprint density at radius 2 is 2.11 bits per heavy atom. The second kappa shape index (κ2) is 8.12. The van der Waals surface area contributed by atoms with Gasteiger partial charge in [-0.05, 0) is 35.7 Å². The first-order valence-electron chi connectivity index (χ1n) is 11.3. The molecule has 0 spiro atoms. The number of fused-ring (bicyclic) bond motifs is 2. The molecule has 6 heterocycles. The number of amides is 1. The molecule has 0 bridgehead atoms. The zero-order chi connectivity index (χ0) is 24.1. The van der Waals surface area contributed by atoms with Crippen LogP contribution in [0, 0.1) is 5.82 Å². The Kier molecular flexibility index (Phi) is 4.90. The number of H-pyrrole nitrogens is 1. The molecule has 0 radical (unpaired) electrons. The number of nitrogens with zero attached hydrogens (tertiary/aromatic N) is 7. The van der Waals surface area contributed by atoms with E-state index in [0.717, 1.165) is 22.5 Å². The van der Waals surface area contributed by atoms with Gasteiger partial charge in [-0.2, -0.15) is 5.10 Å². The summed E-state index contributed by atoms with van der Waals surface area (Å²) in [6.45, 7) is 4.64. The van der Waals surface area contributed by atoms with E-state index < -0.39 is 17.8 Å². The number of halogens is 1. The van der Waals surface area contributed by atoms with Crippen LogP contribution in [0.25, 0.3) is 17.1 Å². The molecule has 0 fully saturated rings. The van der Waals surface area contributed by atoms with Gasteiger partial charge in [-0.1, -0.05) is 19.9 Å². The van der Waals surface area contributed by atoms with Crippen molar-refractivity contribution in [3.63, 3.8) is 0 Å². The molecule has 0 saturated carbocycles. The van der Waals surface area contributed by atoms with Crippen LogP contribution in [0.1, 0.15) is 59.1 Å². The Hall–Kier alpha value is -4.41. The SMILES string of the molecule is CC(C)c1cccn2nc([C@@H]3c4nc[nH]c4CCN3C(=O)c3nnc(-c4ncccc4F)o3)cc12. The number of rotatable bonds is 4. The summed E-state index contributed by atoms with van der Waals surface area (Å²) < 4.78 is 21.5. The van der Waals surface area contributed by atoms with Gasteiger partial charge in [-0.25, -0.2) is 18.9 Å². The third kappa shape index (κ3) is 3.47. The van der Waals surface area contributed by atoms with Gasteiger partial charge in [-0.3, -0.25) is 4.79 Å². The summed E-state index contributed by atoms with van der Waals surface area (Å²) in [6, 6.07) is 8.17. The van der Waals surface area contributed by atoms with Gasteiger partial charge in [0.05, 0.1) is 23.2 Å². The number of aromatic amines is 1. The minimum absolute atomic E-state index is 0.106. The second-order valence-electron chi connectivity index (χ2n) is 8.68. The number of hydrogen-bond acceptors (Lipinski definition) is 7. The van der Waals surface area contributed by atoms with E-state index >= 15 is 0 Å². The smallest absolute Gasteiger partial charge is 0.312 e. The maximum Gasteiger partial charge on any atom is 0.312 e. The molecule has 11 heteroatoms. The van der Waals surface area contributed by atoms with Crippen LogP contribution in [0.2, 0.25) is 0 Å². The molecule has 35 heavy (non-hydrogen) atoms. The largest absolute Gasteiger partial charge is 0.411 e. The molecule has 176 valence electrons. The van der Waals surface area contributed by atoms with Crippen LogP contribution >= 0.6 is 0 Å². The summed E-state index contributed by atoms with van der Waals surface area (Å²) in [7, 11) is 0. The molecular formula is C24H21FN8O2. The Labute approximate surface area is 198 Å². The fourth-order valence-corrected chi connectivity index (χ4v) is 4.54. The highest BCUT2D eigenvalue weighted by Crippen LogP contribution is 2.35. The van der Waals surface area contributed by atoms with Crippen LogP contribution in [0.4, 0.5) is 4.39 Å². The van der Waals surface area contributed by atoms with Crippen molar-refractivity contribution in [1.82, 2.24) is 39.7 Å². The lowest BCUT2D eigenvalue weighted by molar-refractivity contribution is 0.0646. The Morgan fingerprint density at radius 3 is 2.94 bits per heavy atom. The monoisotopic (exact) mass is 472 g/mol. The first kappa shape index (κ1) is 21.1. The van der Waals surface area contributed by atoms with E-state index in [1.807, 2.05) is 22.8 Å². The number of nitrogens with one attached hydrogen (secondary N) is 1. The minimum atomic E-state index is -0.613. The van der Waals surface area contributed by atoms with E-state index in [2.05, 4.69) is 45.1 Å². The summed E-state index contributed by atoms with van der Waals surface area (Å²) in [5.74, 6) is -1.20. The molecule has 1 aliphatic heterocycles. The van der Waals surface area contributed by atoms with Gasteiger partial charge in [0.2, 0.25) is 0 Å². The predicted octanol–water partition coefficient (Wildman–Crippen LogP) is 3.55. The normalized spacial score (nSPS) is 15.7. The molecule has 10 nitrogen and oxygen atoms in total. The van der Waals surface area contributed by atoms with E-state index in [4.69, 9.17) is 9.52 Å². The fraction of sp³-hybridized carbons (Fsp3) is 0.250. The highest BCUT2D eigenvalue weighted by Gasteiger charge is 2.38. The van der Waals surface area contributed by atoms with E-state index in [9.17, 15) is 9.18 Å². The van der Waals surface area contributed by atoms with Crippen molar-refractivity contribution >= 4 is 11.4 Å². The van der Waals surface area contributed by atoms with Crippen molar-refractivity contribution < 1.29 is 13.6 Å². The van der Waals surface area contributed by atoms with Gasteiger partial charge in [0.15, 0.2) is 11.5 Å². The molecule has 1 N–H and O–H groups in total. The van der Waals surface area contributed by atoms with Gasteiger partial charge in [0.25, 0.3) is 5.89 Å². The summed E-state index contributed by atoms with van der Waals surface area (Å²) in [4.78, 5) is 26.8. The van der Waals surface area contributed by atoms with Crippen LogP contribution in [-0.4, -0.2) is 52.1 Å². The van der Waals surface area contributed by atoms with Crippen LogP contribution in [-0.2, 0) is 6.42 Å². The standard InChI is InChI=1S/C24H21FN8O2/c1-13(2)14-5-4-9-33-18(14)11-17(31-33)21-20-16(27-12-28-20)7-10-32(21)24(34)23-30-29-22(35-23)19-15(25)6-3-8-26-19/h3-6,8-9,11-13,21H,7,10H2,1-2H3,(H,27,28)/t21-/m1/s1. The molecule has 1 aliphatic rings. The number of hydrogen-bond donors (Lipinski definition) is 1.